The minimum Gasteiger partial charge on any atom is -0.490 e. The number of hydrogen-bond donors (Lipinski definition) is 1. The lowest BCUT2D eigenvalue weighted by atomic mass is 9.91. The lowest BCUT2D eigenvalue weighted by Crippen LogP contribution is -2.28. The summed E-state index contributed by atoms with van der Waals surface area (Å²) in [6, 6.07) is 3.99. The lowest BCUT2D eigenvalue weighted by molar-refractivity contribution is 0.297. The largest absolute Gasteiger partial charge is 0.490 e. The summed E-state index contributed by atoms with van der Waals surface area (Å²) in [7, 11) is 0. The van der Waals surface area contributed by atoms with E-state index in [1.54, 1.807) is 0 Å². The third-order valence-corrected chi connectivity index (χ3v) is 4.24. The van der Waals surface area contributed by atoms with E-state index >= 15 is 0 Å². The van der Waals surface area contributed by atoms with Gasteiger partial charge in [0.05, 0.1) is 13.2 Å². The van der Waals surface area contributed by atoms with Crippen LogP contribution in [0.1, 0.15) is 24.8 Å². The Bertz CT molecular complexity index is 444. The quantitative estimate of drug-likeness (QED) is 0.904. The molecule has 3 rings (SSSR count). The molecule has 0 bridgehead atoms. The molecule has 1 saturated heterocycles. The van der Waals surface area contributed by atoms with E-state index in [9.17, 15) is 0 Å². The van der Waals surface area contributed by atoms with Gasteiger partial charge in [0.15, 0.2) is 11.5 Å². The Morgan fingerprint density at radius 3 is 2.53 bits per heavy atom. The first kappa shape index (κ1) is 13.1. The van der Waals surface area contributed by atoms with E-state index in [1.807, 2.05) is 6.07 Å². The van der Waals surface area contributed by atoms with Crippen LogP contribution in [0, 0.1) is 5.92 Å². The van der Waals surface area contributed by atoms with E-state index in [1.165, 1.54) is 18.4 Å². The molecule has 0 aliphatic carbocycles. The Morgan fingerprint density at radius 1 is 1.11 bits per heavy atom. The topological polar surface area (TPSA) is 30.5 Å². The van der Waals surface area contributed by atoms with Crippen LogP contribution >= 0.6 is 11.6 Å². The molecule has 1 N–H and O–H groups in total. The van der Waals surface area contributed by atoms with E-state index in [0.717, 1.165) is 55.0 Å². The number of rotatable bonds is 2. The fourth-order valence-corrected chi connectivity index (χ4v) is 3.01. The molecule has 0 aromatic heterocycles. The van der Waals surface area contributed by atoms with Gasteiger partial charge in [-0.1, -0.05) is 11.6 Å². The van der Waals surface area contributed by atoms with E-state index in [0.29, 0.717) is 6.61 Å². The van der Waals surface area contributed by atoms with Gasteiger partial charge >= 0.3 is 0 Å². The minimum atomic E-state index is 0.705. The van der Waals surface area contributed by atoms with Crippen LogP contribution in [0.3, 0.4) is 0 Å². The molecule has 2 aliphatic heterocycles. The van der Waals surface area contributed by atoms with Gasteiger partial charge in [0.1, 0.15) is 0 Å². The highest BCUT2D eigenvalue weighted by Crippen LogP contribution is 2.36. The molecule has 19 heavy (non-hydrogen) atoms. The number of nitrogens with one attached hydrogen (secondary N) is 1. The van der Waals surface area contributed by atoms with Crippen LogP contribution in [-0.4, -0.2) is 26.3 Å². The molecule has 4 heteroatoms. The summed E-state index contributed by atoms with van der Waals surface area (Å²) in [6.45, 7) is 3.66. The number of fused-ring (bicyclic) bond motifs is 1. The Morgan fingerprint density at radius 2 is 1.79 bits per heavy atom. The highest BCUT2D eigenvalue weighted by Gasteiger charge is 2.18. The predicted molar refractivity (Wildman–Crippen MR) is 76.4 cm³/mol. The Kier molecular flexibility index (Phi) is 4.14. The zero-order chi connectivity index (χ0) is 13.1. The van der Waals surface area contributed by atoms with Gasteiger partial charge in [-0.25, -0.2) is 0 Å². The van der Waals surface area contributed by atoms with Gasteiger partial charge in [-0.2, -0.15) is 0 Å². The zero-order valence-corrected chi connectivity index (χ0v) is 11.8. The lowest BCUT2D eigenvalue weighted by Gasteiger charge is -2.23. The normalized spacial score (nSPS) is 20.1. The van der Waals surface area contributed by atoms with Crippen LogP contribution in [-0.2, 0) is 6.42 Å². The highest BCUT2D eigenvalue weighted by molar-refractivity contribution is 6.31. The molecule has 0 amide bonds. The molecular weight excluding hydrogens is 262 g/mol. The third kappa shape index (κ3) is 3.15. The predicted octanol–water partition coefficient (Wildman–Crippen LogP) is 3.04. The minimum absolute atomic E-state index is 0.705. The number of hydrogen-bond acceptors (Lipinski definition) is 3. The molecule has 1 aromatic rings. The molecule has 1 fully saturated rings. The molecule has 1 aromatic carbocycles. The van der Waals surface area contributed by atoms with Crippen molar-refractivity contribution >= 4 is 11.6 Å². The number of halogens is 1. The fraction of sp³-hybridized carbons (Fsp3) is 0.600. The molecule has 2 heterocycles. The van der Waals surface area contributed by atoms with Crippen LogP contribution in [0.4, 0.5) is 0 Å². The van der Waals surface area contributed by atoms with Crippen LogP contribution < -0.4 is 14.8 Å². The molecule has 3 nitrogen and oxygen atoms in total. The summed E-state index contributed by atoms with van der Waals surface area (Å²) in [4.78, 5) is 0. The smallest absolute Gasteiger partial charge is 0.162 e. The Hall–Kier alpha value is -0.930. The summed E-state index contributed by atoms with van der Waals surface area (Å²) >= 11 is 6.38. The van der Waals surface area contributed by atoms with Gasteiger partial charge < -0.3 is 14.8 Å². The first-order valence-electron chi connectivity index (χ1n) is 7.11. The summed E-state index contributed by atoms with van der Waals surface area (Å²) in [5, 5.41) is 4.20. The second-order valence-electron chi connectivity index (χ2n) is 5.34. The maximum absolute atomic E-state index is 6.38. The van der Waals surface area contributed by atoms with Crippen molar-refractivity contribution in [3.05, 3.63) is 22.7 Å². The fourth-order valence-electron chi connectivity index (χ4n) is 2.78. The van der Waals surface area contributed by atoms with Crippen molar-refractivity contribution in [2.45, 2.75) is 25.7 Å². The number of benzene rings is 1. The van der Waals surface area contributed by atoms with Gasteiger partial charge in [-0.15, -0.1) is 0 Å². The van der Waals surface area contributed by atoms with Gasteiger partial charge in [0.2, 0.25) is 0 Å². The summed E-state index contributed by atoms with van der Waals surface area (Å²) in [5.41, 5.74) is 1.19. The average molecular weight is 282 g/mol. The molecule has 0 unspecified atom stereocenters. The molecule has 0 atom stereocenters. The molecule has 0 saturated carbocycles. The third-order valence-electron chi connectivity index (χ3n) is 3.88. The second kappa shape index (κ2) is 6.02. The first-order valence-corrected chi connectivity index (χ1v) is 7.49. The van der Waals surface area contributed by atoms with Crippen molar-refractivity contribution < 1.29 is 9.47 Å². The van der Waals surface area contributed by atoms with Crippen molar-refractivity contribution in [3.63, 3.8) is 0 Å². The maximum Gasteiger partial charge on any atom is 0.162 e. The van der Waals surface area contributed by atoms with Crippen LogP contribution in [0.25, 0.3) is 0 Å². The first-order chi connectivity index (χ1) is 9.33. The van der Waals surface area contributed by atoms with Crippen molar-refractivity contribution in [1.82, 2.24) is 5.32 Å². The molecular formula is C15H20ClNO2. The van der Waals surface area contributed by atoms with Crippen LogP contribution in [0.5, 0.6) is 11.5 Å². The molecule has 104 valence electrons. The van der Waals surface area contributed by atoms with Gasteiger partial charge in [-0.05, 0) is 49.9 Å². The van der Waals surface area contributed by atoms with Crippen LogP contribution in [0.15, 0.2) is 12.1 Å². The zero-order valence-electron chi connectivity index (χ0n) is 11.1. The second-order valence-corrected chi connectivity index (χ2v) is 5.75. The summed E-state index contributed by atoms with van der Waals surface area (Å²) < 4.78 is 11.4. The van der Waals surface area contributed by atoms with E-state index in [2.05, 4.69) is 11.4 Å². The van der Waals surface area contributed by atoms with E-state index in [4.69, 9.17) is 21.1 Å². The molecule has 0 radical (unpaired) electrons. The SMILES string of the molecule is Clc1cc2c(cc1CC1CCNCC1)OCCCO2. The van der Waals surface area contributed by atoms with Crippen molar-refractivity contribution in [2.75, 3.05) is 26.3 Å². The van der Waals surface area contributed by atoms with Crippen molar-refractivity contribution in [3.8, 4) is 11.5 Å². The molecule has 0 spiro atoms. The summed E-state index contributed by atoms with van der Waals surface area (Å²) in [6.07, 6.45) is 4.42. The van der Waals surface area contributed by atoms with Crippen molar-refractivity contribution in [2.24, 2.45) is 5.92 Å². The summed E-state index contributed by atoms with van der Waals surface area (Å²) in [5.74, 6) is 2.37. The van der Waals surface area contributed by atoms with E-state index < -0.39 is 0 Å². The van der Waals surface area contributed by atoms with Gasteiger partial charge in [0, 0.05) is 17.5 Å². The standard InChI is InChI=1S/C15H20ClNO2/c16-13-10-15-14(18-6-1-7-19-15)9-12(13)8-11-2-4-17-5-3-11/h9-11,17H,1-8H2. The van der Waals surface area contributed by atoms with Gasteiger partial charge in [-0.3, -0.25) is 0 Å². The monoisotopic (exact) mass is 281 g/mol. The number of piperidine rings is 1. The Labute approximate surface area is 119 Å². The highest BCUT2D eigenvalue weighted by atomic mass is 35.5. The average Bonchev–Trinajstić information content (AvgIpc) is 2.65. The Balaban J connectivity index is 1.78. The van der Waals surface area contributed by atoms with Crippen molar-refractivity contribution in [1.29, 1.82) is 0 Å². The number of ether oxygens (including phenoxy) is 2. The van der Waals surface area contributed by atoms with Crippen LogP contribution in [0.2, 0.25) is 5.02 Å². The van der Waals surface area contributed by atoms with Gasteiger partial charge in [0.25, 0.3) is 0 Å². The van der Waals surface area contributed by atoms with E-state index in [-0.39, 0.29) is 0 Å². The molecule has 2 aliphatic rings. The maximum atomic E-state index is 6.38.